The number of ether oxygens (including phenoxy) is 1. The van der Waals surface area contributed by atoms with E-state index in [0.29, 0.717) is 6.54 Å². The summed E-state index contributed by atoms with van der Waals surface area (Å²) in [5.41, 5.74) is 1.11. The fourth-order valence-corrected chi connectivity index (χ4v) is 5.70. The van der Waals surface area contributed by atoms with Gasteiger partial charge in [-0.1, -0.05) is 30.8 Å². The molecule has 22 heavy (non-hydrogen) atoms. The molecule has 0 unspecified atom stereocenters. The number of aliphatic imine (C=N–C) groups is 1. The molecular formula is C15H20N2O3S2. The Morgan fingerprint density at radius 1 is 1.41 bits per heavy atom. The summed E-state index contributed by atoms with van der Waals surface area (Å²) in [7, 11) is -1.32. The van der Waals surface area contributed by atoms with E-state index in [-0.39, 0.29) is 23.6 Å². The first kappa shape index (κ1) is 15.7. The minimum Gasteiger partial charge on any atom is -0.497 e. The average Bonchev–Trinajstić information content (AvgIpc) is 2.93. The van der Waals surface area contributed by atoms with Gasteiger partial charge in [0.25, 0.3) is 0 Å². The molecule has 7 heteroatoms. The summed E-state index contributed by atoms with van der Waals surface area (Å²) < 4.78 is 29.0. The summed E-state index contributed by atoms with van der Waals surface area (Å²) in [5.74, 6) is 2.13. The highest BCUT2D eigenvalue weighted by Crippen LogP contribution is 2.32. The van der Waals surface area contributed by atoms with Gasteiger partial charge in [-0.3, -0.25) is 4.99 Å². The number of amidine groups is 1. The second-order valence-corrected chi connectivity index (χ2v) is 8.92. The molecule has 1 aromatic rings. The van der Waals surface area contributed by atoms with Gasteiger partial charge in [-0.25, -0.2) is 8.42 Å². The molecule has 2 aliphatic rings. The molecule has 0 spiro atoms. The number of rotatable bonds is 4. The highest BCUT2D eigenvalue weighted by Gasteiger charge is 2.46. The average molecular weight is 340 g/mol. The summed E-state index contributed by atoms with van der Waals surface area (Å²) >= 11 is 1.68. The van der Waals surface area contributed by atoms with E-state index in [1.54, 1.807) is 18.9 Å². The zero-order valence-electron chi connectivity index (χ0n) is 12.7. The lowest BCUT2D eigenvalue weighted by Crippen LogP contribution is -2.38. The number of nitrogens with zero attached hydrogens (tertiary/aromatic N) is 2. The van der Waals surface area contributed by atoms with Gasteiger partial charge in [0.15, 0.2) is 15.0 Å². The van der Waals surface area contributed by atoms with Crippen molar-refractivity contribution in [2.75, 3.05) is 24.4 Å². The molecule has 5 nitrogen and oxygen atoms in total. The fraction of sp³-hybridized carbons (Fsp3) is 0.533. The van der Waals surface area contributed by atoms with Crippen LogP contribution in [0.25, 0.3) is 0 Å². The van der Waals surface area contributed by atoms with Crippen molar-refractivity contribution in [1.29, 1.82) is 0 Å². The Balaban J connectivity index is 1.84. The van der Waals surface area contributed by atoms with E-state index >= 15 is 0 Å². The van der Waals surface area contributed by atoms with Crippen LogP contribution in [0.1, 0.15) is 12.5 Å². The molecular weight excluding hydrogens is 320 g/mol. The largest absolute Gasteiger partial charge is 0.497 e. The van der Waals surface area contributed by atoms with Gasteiger partial charge < -0.3 is 9.64 Å². The van der Waals surface area contributed by atoms with Gasteiger partial charge in [0.1, 0.15) is 5.75 Å². The molecule has 120 valence electrons. The molecule has 1 saturated heterocycles. The summed E-state index contributed by atoms with van der Waals surface area (Å²) in [4.78, 5) is 6.80. The molecule has 3 rings (SSSR count). The Kier molecular flexibility index (Phi) is 4.36. The molecule has 0 aliphatic carbocycles. The monoisotopic (exact) mass is 340 g/mol. The van der Waals surface area contributed by atoms with E-state index in [9.17, 15) is 8.42 Å². The molecule has 0 bridgehead atoms. The van der Waals surface area contributed by atoms with Crippen LogP contribution >= 0.6 is 11.8 Å². The van der Waals surface area contributed by atoms with E-state index in [4.69, 9.17) is 4.74 Å². The van der Waals surface area contributed by atoms with Gasteiger partial charge in [-0.15, -0.1) is 0 Å². The minimum atomic E-state index is -2.96. The van der Waals surface area contributed by atoms with Crippen LogP contribution < -0.4 is 4.74 Å². The van der Waals surface area contributed by atoms with E-state index in [0.717, 1.165) is 22.2 Å². The molecule has 2 atom stereocenters. The number of benzene rings is 1. The maximum Gasteiger partial charge on any atom is 0.160 e. The number of thioether (sulfide) groups is 1. The van der Waals surface area contributed by atoms with Crippen molar-refractivity contribution in [2.45, 2.75) is 25.6 Å². The Labute approximate surface area is 135 Å². The highest BCUT2D eigenvalue weighted by molar-refractivity contribution is 8.13. The van der Waals surface area contributed by atoms with Crippen molar-refractivity contribution in [3.8, 4) is 5.75 Å². The third kappa shape index (κ3) is 3.10. The summed E-state index contributed by atoms with van der Waals surface area (Å²) in [6.07, 6.45) is 0. The quantitative estimate of drug-likeness (QED) is 0.836. The van der Waals surface area contributed by atoms with Gasteiger partial charge in [0, 0.05) is 6.54 Å². The van der Waals surface area contributed by atoms with Crippen LogP contribution in [-0.4, -0.2) is 54.9 Å². The normalized spacial score (nSPS) is 25.9. The van der Waals surface area contributed by atoms with Gasteiger partial charge in [0.05, 0.1) is 30.7 Å². The molecule has 1 aromatic carbocycles. The molecule has 2 heterocycles. The molecule has 0 saturated carbocycles. The van der Waals surface area contributed by atoms with E-state index in [2.05, 4.69) is 16.8 Å². The SMILES string of the molecule is CCSC1=N[C@@H]2CS(=O)(=O)C[C@H]2N1Cc1cccc(OC)c1. The zero-order chi connectivity index (χ0) is 15.7. The second kappa shape index (κ2) is 6.12. The van der Waals surface area contributed by atoms with Gasteiger partial charge >= 0.3 is 0 Å². The van der Waals surface area contributed by atoms with Crippen LogP contribution in [0.15, 0.2) is 29.3 Å². The van der Waals surface area contributed by atoms with Crippen LogP contribution in [0.4, 0.5) is 0 Å². The molecule has 0 N–H and O–H groups in total. The lowest BCUT2D eigenvalue weighted by atomic mass is 10.1. The summed E-state index contributed by atoms with van der Waals surface area (Å²) in [6.45, 7) is 2.75. The first-order valence-corrected chi connectivity index (χ1v) is 10.1. The fourth-order valence-electron chi connectivity index (χ4n) is 2.99. The number of fused-ring (bicyclic) bond motifs is 1. The topological polar surface area (TPSA) is 59.0 Å². The zero-order valence-corrected chi connectivity index (χ0v) is 14.4. The smallest absolute Gasteiger partial charge is 0.160 e. The Bertz CT molecular complexity index is 688. The van der Waals surface area contributed by atoms with Crippen LogP contribution in [0.3, 0.4) is 0 Å². The van der Waals surface area contributed by atoms with E-state index < -0.39 is 9.84 Å². The van der Waals surface area contributed by atoms with Crippen LogP contribution in [0.2, 0.25) is 0 Å². The number of methoxy groups -OCH3 is 1. The predicted molar refractivity (Wildman–Crippen MR) is 90.3 cm³/mol. The van der Waals surface area contributed by atoms with Crippen molar-refractivity contribution in [3.63, 3.8) is 0 Å². The second-order valence-electron chi connectivity index (χ2n) is 5.54. The molecule has 2 aliphatic heterocycles. The van der Waals surface area contributed by atoms with Gasteiger partial charge in [-0.05, 0) is 23.4 Å². The molecule has 0 aromatic heterocycles. The Morgan fingerprint density at radius 2 is 2.23 bits per heavy atom. The highest BCUT2D eigenvalue weighted by atomic mass is 32.2. The van der Waals surface area contributed by atoms with Crippen LogP contribution in [0, 0.1) is 0 Å². The lowest BCUT2D eigenvalue weighted by molar-refractivity contribution is 0.341. The molecule has 0 amide bonds. The third-order valence-electron chi connectivity index (χ3n) is 3.98. The Hall–Kier alpha value is -1.21. The van der Waals surface area contributed by atoms with Crippen LogP contribution in [-0.2, 0) is 16.4 Å². The lowest BCUT2D eigenvalue weighted by Gasteiger charge is -2.26. The van der Waals surface area contributed by atoms with E-state index in [1.165, 1.54) is 0 Å². The maximum atomic E-state index is 11.9. The number of hydrogen-bond donors (Lipinski definition) is 0. The van der Waals surface area contributed by atoms with Crippen LogP contribution in [0.5, 0.6) is 5.75 Å². The van der Waals surface area contributed by atoms with Crippen molar-refractivity contribution < 1.29 is 13.2 Å². The molecule has 1 fully saturated rings. The standard InChI is InChI=1S/C15H20N2O3S2/c1-3-21-15-16-13-9-22(18,19)10-14(13)17(15)8-11-5-4-6-12(7-11)20-2/h4-7,13-14H,3,8-10H2,1-2H3/t13-,14-/m1/s1. The summed E-state index contributed by atoms with van der Waals surface area (Å²) in [5, 5.41) is 0.968. The third-order valence-corrected chi connectivity index (χ3v) is 6.56. The number of sulfone groups is 1. The Morgan fingerprint density at radius 3 is 2.95 bits per heavy atom. The van der Waals surface area contributed by atoms with Gasteiger partial charge in [-0.2, -0.15) is 0 Å². The minimum absolute atomic E-state index is 0.0229. The number of hydrogen-bond acceptors (Lipinski definition) is 6. The predicted octanol–water partition coefficient (Wildman–Crippen LogP) is 1.79. The van der Waals surface area contributed by atoms with Gasteiger partial charge in [0.2, 0.25) is 0 Å². The van der Waals surface area contributed by atoms with Crippen molar-refractivity contribution >= 4 is 26.8 Å². The summed E-state index contributed by atoms with van der Waals surface area (Å²) in [6, 6.07) is 7.76. The first-order valence-electron chi connectivity index (χ1n) is 7.33. The van der Waals surface area contributed by atoms with E-state index in [1.807, 2.05) is 24.3 Å². The van der Waals surface area contributed by atoms with Crippen molar-refractivity contribution in [1.82, 2.24) is 4.90 Å². The first-order chi connectivity index (χ1) is 10.5. The van der Waals surface area contributed by atoms with Crippen molar-refractivity contribution in [2.24, 2.45) is 4.99 Å². The molecule has 0 radical (unpaired) electrons. The van der Waals surface area contributed by atoms with Crippen molar-refractivity contribution in [3.05, 3.63) is 29.8 Å². The maximum absolute atomic E-state index is 11.9.